The summed E-state index contributed by atoms with van der Waals surface area (Å²) in [7, 11) is 1.71. The number of methoxy groups -OCH3 is 1. The van der Waals surface area contributed by atoms with Gasteiger partial charge in [-0.25, -0.2) is 0 Å². The van der Waals surface area contributed by atoms with E-state index in [1.807, 2.05) is 19.1 Å². The van der Waals surface area contributed by atoms with Crippen molar-refractivity contribution < 1.29 is 14.2 Å². The van der Waals surface area contributed by atoms with E-state index in [1.54, 1.807) is 7.11 Å². The Bertz CT molecular complexity index is 757. The van der Waals surface area contributed by atoms with Gasteiger partial charge in [-0.2, -0.15) is 0 Å². The Morgan fingerprint density at radius 1 is 0.840 bits per heavy atom. The highest BCUT2D eigenvalue weighted by atomic mass is 16.7. The van der Waals surface area contributed by atoms with E-state index in [0.717, 1.165) is 12.0 Å². The first-order valence-corrected chi connectivity index (χ1v) is 8.94. The second kappa shape index (κ2) is 5.41. The maximum absolute atomic E-state index is 6.82. The van der Waals surface area contributed by atoms with Crippen LogP contribution in [0.25, 0.3) is 0 Å². The van der Waals surface area contributed by atoms with E-state index < -0.39 is 17.0 Å². The van der Waals surface area contributed by atoms with Crippen LogP contribution in [0, 0.1) is 5.41 Å². The maximum atomic E-state index is 6.82. The quantitative estimate of drug-likeness (QED) is 0.817. The molecule has 0 amide bonds. The van der Waals surface area contributed by atoms with Crippen molar-refractivity contribution in [2.24, 2.45) is 5.41 Å². The Morgan fingerprint density at radius 3 is 1.96 bits per heavy atom. The van der Waals surface area contributed by atoms with Crippen molar-refractivity contribution in [1.82, 2.24) is 0 Å². The van der Waals surface area contributed by atoms with Crippen molar-refractivity contribution in [1.29, 1.82) is 0 Å². The lowest BCUT2D eigenvalue weighted by Gasteiger charge is -2.53. The molecule has 2 heterocycles. The third-order valence-electron chi connectivity index (χ3n) is 6.48. The van der Waals surface area contributed by atoms with Crippen molar-refractivity contribution in [3.05, 3.63) is 71.8 Å². The minimum absolute atomic E-state index is 0.328. The molecule has 0 saturated carbocycles. The van der Waals surface area contributed by atoms with Gasteiger partial charge >= 0.3 is 0 Å². The highest BCUT2D eigenvalue weighted by Crippen LogP contribution is 2.70. The number of hydrogen-bond acceptors (Lipinski definition) is 3. The first-order chi connectivity index (χ1) is 11.9. The van der Waals surface area contributed by atoms with E-state index in [4.69, 9.17) is 14.2 Å². The molecule has 3 nitrogen and oxygen atoms in total. The molecule has 0 unspecified atom stereocenters. The lowest BCUT2D eigenvalue weighted by molar-refractivity contribution is -0.285. The minimum Gasteiger partial charge on any atom is -0.364 e. The summed E-state index contributed by atoms with van der Waals surface area (Å²) < 4.78 is 19.4. The van der Waals surface area contributed by atoms with Crippen molar-refractivity contribution in [3.63, 3.8) is 0 Å². The molecule has 2 bridgehead atoms. The summed E-state index contributed by atoms with van der Waals surface area (Å²) in [4.78, 5) is 0. The molecule has 132 valence electrons. The Morgan fingerprint density at radius 2 is 1.40 bits per heavy atom. The third kappa shape index (κ3) is 1.86. The fourth-order valence-electron chi connectivity index (χ4n) is 5.24. The largest absolute Gasteiger partial charge is 0.364 e. The molecule has 4 rings (SSSR count). The molecule has 2 aromatic rings. The molecule has 0 radical (unpaired) electrons. The van der Waals surface area contributed by atoms with E-state index in [9.17, 15) is 0 Å². The molecule has 25 heavy (non-hydrogen) atoms. The van der Waals surface area contributed by atoms with Crippen LogP contribution in [0.4, 0.5) is 0 Å². The first-order valence-electron chi connectivity index (χ1n) is 8.94. The maximum Gasteiger partial charge on any atom is 0.200 e. The monoisotopic (exact) mass is 338 g/mol. The molecule has 2 saturated heterocycles. The van der Waals surface area contributed by atoms with Gasteiger partial charge in [0.25, 0.3) is 0 Å². The van der Waals surface area contributed by atoms with Gasteiger partial charge in [0.05, 0.1) is 6.61 Å². The number of rotatable bonds is 3. The van der Waals surface area contributed by atoms with Crippen LogP contribution in [0.5, 0.6) is 0 Å². The van der Waals surface area contributed by atoms with Crippen LogP contribution in [0.15, 0.2) is 60.7 Å². The zero-order valence-electron chi connectivity index (χ0n) is 15.4. The lowest BCUT2D eigenvalue weighted by Crippen LogP contribution is -2.59. The van der Waals surface area contributed by atoms with Crippen molar-refractivity contribution in [2.45, 2.75) is 44.2 Å². The first kappa shape index (κ1) is 16.8. The van der Waals surface area contributed by atoms with Crippen LogP contribution in [0.3, 0.4) is 0 Å². The summed E-state index contributed by atoms with van der Waals surface area (Å²) in [6, 6.07) is 20.9. The summed E-state index contributed by atoms with van der Waals surface area (Å²) in [6.45, 7) is 7.14. The average molecular weight is 338 g/mol. The fraction of sp³-hybridized carbons (Fsp3) is 0.455. The van der Waals surface area contributed by atoms with Gasteiger partial charge in [0.1, 0.15) is 5.60 Å². The van der Waals surface area contributed by atoms with Crippen LogP contribution < -0.4 is 0 Å². The van der Waals surface area contributed by atoms with Crippen molar-refractivity contribution >= 4 is 0 Å². The second-order valence-corrected chi connectivity index (χ2v) is 7.72. The summed E-state index contributed by atoms with van der Waals surface area (Å²) in [5.74, 6) is -0.885. The second-order valence-electron chi connectivity index (χ2n) is 7.72. The van der Waals surface area contributed by atoms with Gasteiger partial charge in [0.2, 0.25) is 0 Å². The van der Waals surface area contributed by atoms with Crippen LogP contribution in [-0.4, -0.2) is 19.5 Å². The van der Waals surface area contributed by atoms with Crippen molar-refractivity contribution in [2.75, 3.05) is 13.7 Å². The van der Waals surface area contributed by atoms with E-state index in [2.05, 4.69) is 62.4 Å². The lowest BCUT2D eigenvalue weighted by atomic mass is 9.57. The van der Waals surface area contributed by atoms with E-state index in [1.165, 1.54) is 5.56 Å². The van der Waals surface area contributed by atoms with Crippen LogP contribution in [0.1, 0.15) is 38.3 Å². The molecule has 0 N–H and O–H groups in total. The number of benzene rings is 2. The molecule has 3 atom stereocenters. The number of hydrogen-bond donors (Lipinski definition) is 0. The molecule has 0 aromatic heterocycles. The number of fused-ring (bicyclic) bond motifs is 2. The van der Waals surface area contributed by atoms with E-state index in [0.29, 0.717) is 6.61 Å². The summed E-state index contributed by atoms with van der Waals surface area (Å²) in [5.41, 5.74) is 0.800. The minimum atomic E-state index is -0.885. The highest BCUT2D eigenvalue weighted by Gasteiger charge is 2.78. The average Bonchev–Trinajstić information content (AvgIpc) is 2.74. The molecular weight excluding hydrogens is 312 g/mol. The Kier molecular flexibility index (Phi) is 3.63. The number of ether oxygens (including phenoxy) is 3. The van der Waals surface area contributed by atoms with Gasteiger partial charge in [-0.15, -0.1) is 0 Å². The topological polar surface area (TPSA) is 27.7 Å². The molecule has 2 aliphatic rings. The van der Waals surface area contributed by atoms with Gasteiger partial charge in [-0.3, -0.25) is 0 Å². The van der Waals surface area contributed by atoms with Gasteiger partial charge in [-0.1, -0.05) is 74.5 Å². The van der Waals surface area contributed by atoms with Crippen LogP contribution in [-0.2, 0) is 25.4 Å². The fourth-order valence-corrected chi connectivity index (χ4v) is 5.24. The molecule has 0 aliphatic carbocycles. The van der Waals surface area contributed by atoms with Gasteiger partial charge in [-0.05, 0) is 18.1 Å². The van der Waals surface area contributed by atoms with Crippen molar-refractivity contribution in [3.8, 4) is 0 Å². The molecule has 0 spiro atoms. The predicted octanol–water partition coefficient (Wildman–Crippen LogP) is 4.62. The zero-order chi connectivity index (χ0) is 17.8. The Labute approximate surface area is 149 Å². The SMILES string of the molecule is CO[C@]1(C)O[C@]2(c3ccccc3)CCO[C@@]1(c1ccccc1)C2(C)C. The summed E-state index contributed by atoms with van der Waals surface area (Å²) in [5, 5.41) is 0. The van der Waals surface area contributed by atoms with Gasteiger partial charge < -0.3 is 14.2 Å². The highest BCUT2D eigenvalue weighted by molar-refractivity contribution is 5.39. The van der Waals surface area contributed by atoms with Crippen LogP contribution >= 0.6 is 0 Å². The molecule has 3 heteroatoms. The zero-order valence-corrected chi connectivity index (χ0v) is 15.4. The molecule has 2 fully saturated rings. The van der Waals surface area contributed by atoms with E-state index >= 15 is 0 Å². The molecule has 2 aromatic carbocycles. The third-order valence-corrected chi connectivity index (χ3v) is 6.48. The smallest absolute Gasteiger partial charge is 0.200 e. The summed E-state index contributed by atoms with van der Waals surface area (Å²) in [6.07, 6.45) is 0.803. The van der Waals surface area contributed by atoms with Crippen LogP contribution in [0.2, 0.25) is 0 Å². The summed E-state index contributed by atoms with van der Waals surface area (Å²) >= 11 is 0. The van der Waals surface area contributed by atoms with E-state index in [-0.39, 0.29) is 5.41 Å². The Hall–Kier alpha value is -1.68. The normalized spacial score (nSPS) is 36.3. The Balaban J connectivity index is 2.01. The standard InChI is InChI=1S/C22H26O3/c1-19(2)21(17-11-7-5-8-12-17)15-16-24-22(19,20(3,23-4)25-21)18-13-9-6-10-14-18/h5-14H,15-16H2,1-4H3/t20-,21+,22+/m1/s1. The predicted molar refractivity (Wildman–Crippen MR) is 97.1 cm³/mol. The van der Waals surface area contributed by atoms with Gasteiger partial charge in [0, 0.05) is 18.9 Å². The van der Waals surface area contributed by atoms with Gasteiger partial charge in [0.15, 0.2) is 11.4 Å². The molecule has 2 aliphatic heterocycles. The molecular formula is C22H26O3.